The molecule has 2 aromatic carbocycles. The molecule has 0 saturated carbocycles. The molecule has 4 N–H and O–H groups in total. The first-order valence-electron chi connectivity index (χ1n) is 8.46. The Morgan fingerprint density at radius 1 is 1.11 bits per heavy atom. The minimum absolute atomic E-state index is 0.127. The number of para-hydroxylation sites is 2. The number of ketones is 1. The highest BCUT2D eigenvalue weighted by atomic mass is 16.4. The van der Waals surface area contributed by atoms with Gasteiger partial charge in [0.05, 0.1) is 5.52 Å². The molecular weight excluding hydrogens is 342 g/mol. The van der Waals surface area contributed by atoms with E-state index in [-0.39, 0.29) is 12.0 Å². The summed E-state index contributed by atoms with van der Waals surface area (Å²) in [4.78, 5) is 32.4. The lowest BCUT2D eigenvalue weighted by Crippen LogP contribution is -2.56. The number of carboxylic acid groups (broad SMARTS) is 1. The van der Waals surface area contributed by atoms with Crippen molar-refractivity contribution in [2.75, 3.05) is 0 Å². The number of nitrogens with zero attached hydrogens (tertiary/aromatic N) is 1. The molecule has 0 amide bonds. The highest BCUT2D eigenvalue weighted by molar-refractivity contribution is 6.16. The molecule has 134 valence electrons. The standard InChI is InChI=1S/C21H17N3O3/c22-21(20(26)27,10-15-12-24-18-8-4-2-6-16(15)18)19(25)14-9-13-5-1-3-7-17(13)23-11-14/h1-9,11-12,24H,10,22H2,(H,26,27)/t21-/m1/s1. The molecule has 0 bridgehead atoms. The molecular formula is C21H17N3O3. The van der Waals surface area contributed by atoms with Crippen LogP contribution >= 0.6 is 0 Å². The number of pyridine rings is 1. The van der Waals surface area contributed by atoms with Crippen LogP contribution in [-0.4, -0.2) is 32.4 Å². The topological polar surface area (TPSA) is 109 Å². The van der Waals surface area contributed by atoms with Gasteiger partial charge in [-0.05, 0) is 23.8 Å². The van der Waals surface area contributed by atoms with Gasteiger partial charge in [0.25, 0.3) is 0 Å². The minimum Gasteiger partial charge on any atom is -0.480 e. The monoisotopic (exact) mass is 359 g/mol. The van der Waals surface area contributed by atoms with Crippen LogP contribution < -0.4 is 5.73 Å². The average Bonchev–Trinajstić information content (AvgIpc) is 3.09. The maximum Gasteiger partial charge on any atom is 0.332 e. The van der Waals surface area contributed by atoms with Gasteiger partial charge in [-0.15, -0.1) is 0 Å². The van der Waals surface area contributed by atoms with Gasteiger partial charge in [-0.1, -0.05) is 36.4 Å². The molecule has 6 heteroatoms. The van der Waals surface area contributed by atoms with Crippen LogP contribution in [-0.2, 0) is 11.2 Å². The summed E-state index contributed by atoms with van der Waals surface area (Å²) in [6, 6.07) is 16.4. The predicted molar refractivity (Wildman–Crippen MR) is 103 cm³/mol. The lowest BCUT2D eigenvalue weighted by atomic mass is 9.84. The van der Waals surface area contributed by atoms with E-state index in [4.69, 9.17) is 5.73 Å². The van der Waals surface area contributed by atoms with Crippen molar-refractivity contribution in [3.63, 3.8) is 0 Å². The number of hydrogen-bond donors (Lipinski definition) is 3. The van der Waals surface area contributed by atoms with Crippen molar-refractivity contribution in [1.29, 1.82) is 0 Å². The summed E-state index contributed by atoms with van der Waals surface area (Å²) in [5, 5.41) is 11.4. The van der Waals surface area contributed by atoms with Crippen molar-refractivity contribution in [2.24, 2.45) is 5.73 Å². The summed E-state index contributed by atoms with van der Waals surface area (Å²) < 4.78 is 0. The number of hydrogen-bond acceptors (Lipinski definition) is 4. The van der Waals surface area contributed by atoms with Gasteiger partial charge < -0.3 is 15.8 Å². The maximum atomic E-state index is 13.1. The smallest absolute Gasteiger partial charge is 0.332 e. The zero-order valence-electron chi connectivity index (χ0n) is 14.3. The number of aromatic amines is 1. The highest BCUT2D eigenvalue weighted by Crippen LogP contribution is 2.25. The Morgan fingerprint density at radius 2 is 1.85 bits per heavy atom. The number of nitrogens with two attached hydrogens (primary N) is 1. The SMILES string of the molecule is N[C@@](Cc1c[nH]c2ccccc12)(C(=O)O)C(=O)c1cnc2ccccc2c1. The Morgan fingerprint density at radius 3 is 2.67 bits per heavy atom. The Labute approximate surface area is 154 Å². The number of aromatic nitrogens is 2. The van der Waals surface area contributed by atoms with Gasteiger partial charge in [0, 0.05) is 40.7 Å². The summed E-state index contributed by atoms with van der Waals surface area (Å²) in [6.45, 7) is 0. The quantitative estimate of drug-likeness (QED) is 0.375. The van der Waals surface area contributed by atoms with E-state index in [0.29, 0.717) is 5.56 Å². The van der Waals surface area contributed by atoms with Gasteiger partial charge in [0.15, 0.2) is 11.3 Å². The second-order valence-corrected chi connectivity index (χ2v) is 6.56. The third-order valence-electron chi connectivity index (χ3n) is 4.78. The van der Waals surface area contributed by atoms with Crippen LogP contribution in [0, 0.1) is 0 Å². The van der Waals surface area contributed by atoms with Crippen LogP contribution in [0.1, 0.15) is 15.9 Å². The average molecular weight is 359 g/mol. The fraction of sp³-hybridized carbons (Fsp3) is 0.0952. The fourth-order valence-electron chi connectivity index (χ4n) is 3.28. The number of aliphatic carboxylic acids is 1. The second kappa shape index (κ2) is 6.34. The molecule has 0 aliphatic carbocycles. The summed E-state index contributed by atoms with van der Waals surface area (Å²) in [5.41, 5.74) is 6.51. The van der Waals surface area contributed by atoms with Crippen molar-refractivity contribution in [1.82, 2.24) is 9.97 Å². The molecule has 0 aliphatic rings. The van der Waals surface area contributed by atoms with Crippen LogP contribution in [0.4, 0.5) is 0 Å². The highest BCUT2D eigenvalue weighted by Gasteiger charge is 2.43. The number of carbonyl (C=O) groups excluding carboxylic acids is 1. The number of Topliss-reactive ketones (excluding diaryl/α,β-unsaturated/α-hetero) is 1. The molecule has 0 aliphatic heterocycles. The van der Waals surface area contributed by atoms with E-state index in [1.807, 2.05) is 48.5 Å². The lowest BCUT2D eigenvalue weighted by molar-refractivity contribution is -0.141. The van der Waals surface area contributed by atoms with Crippen LogP contribution in [0.5, 0.6) is 0 Å². The molecule has 2 heterocycles. The predicted octanol–water partition coefficient (Wildman–Crippen LogP) is 2.92. The molecule has 0 saturated heterocycles. The minimum atomic E-state index is -2.09. The summed E-state index contributed by atoms with van der Waals surface area (Å²) in [5.74, 6) is -2.04. The number of fused-ring (bicyclic) bond motifs is 2. The first-order chi connectivity index (χ1) is 13.0. The van der Waals surface area contributed by atoms with Gasteiger partial charge in [-0.25, -0.2) is 4.79 Å². The molecule has 0 unspecified atom stereocenters. The van der Waals surface area contributed by atoms with Crippen molar-refractivity contribution in [3.05, 3.63) is 78.1 Å². The molecule has 2 aromatic heterocycles. The molecule has 6 nitrogen and oxygen atoms in total. The van der Waals surface area contributed by atoms with Gasteiger partial charge in [0.1, 0.15) is 0 Å². The van der Waals surface area contributed by atoms with Crippen molar-refractivity contribution < 1.29 is 14.7 Å². The number of carboxylic acids is 1. The molecule has 4 rings (SSSR count). The summed E-state index contributed by atoms with van der Waals surface area (Å²) in [7, 11) is 0. The van der Waals surface area contributed by atoms with Gasteiger partial charge in [0.2, 0.25) is 0 Å². The molecule has 4 aromatic rings. The number of rotatable bonds is 5. The van der Waals surface area contributed by atoms with Gasteiger partial charge in [-0.2, -0.15) is 0 Å². The molecule has 0 fully saturated rings. The third-order valence-corrected chi connectivity index (χ3v) is 4.78. The van der Waals surface area contributed by atoms with E-state index in [2.05, 4.69) is 9.97 Å². The van der Waals surface area contributed by atoms with Crippen LogP contribution in [0.25, 0.3) is 21.8 Å². The van der Waals surface area contributed by atoms with Gasteiger partial charge in [-0.3, -0.25) is 9.78 Å². The molecule has 0 radical (unpaired) electrons. The summed E-state index contributed by atoms with van der Waals surface area (Å²) in [6.07, 6.45) is 2.95. The van der Waals surface area contributed by atoms with E-state index >= 15 is 0 Å². The van der Waals surface area contributed by atoms with Crippen molar-refractivity contribution in [3.8, 4) is 0 Å². The Balaban J connectivity index is 1.75. The van der Waals surface area contributed by atoms with E-state index in [1.54, 1.807) is 12.3 Å². The van der Waals surface area contributed by atoms with Gasteiger partial charge >= 0.3 is 5.97 Å². The zero-order chi connectivity index (χ0) is 19.0. The van der Waals surface area contributed by atoms with Crippen LogP contribution in [0.15, 0.2) is 67.0 Å². The molecule has 27 heavy (non-hydrogen) atoms. The lowest BCUT2D eigenvalue weighted by Gasteiger charge is -2.23. The number of carbonyl (C=O) groups is 2. The number of benzene rings is 2. The summed E-state index contributed by atoms with van der Waals surface area (Å²) >= 11 is 0. The fourth-order valence-corrected chi connectivity index (χ4v) is 3.28. The van der Waals surface area contributed by atoms with Crippen molar-refractivity contribution in [2.45, 2.75) is 12.0 Å². The van der Waals surface area contributed by atoms with Crippen molar-refractivity contribution >= 4 is 33.6 Å². The Hall–Kier alpha value is -3.51. The van der Waals surface area contributed by atoms with Crippen LogP contribution in [0.2, 0.25) is 0 Å². The van der Waals surface area contributed by atoms with E-state index in [1.165, 1.54) is 6.20 Å². The Bertz CT molecular complexity index is 1180. The molecule has 0 spiro atoms. The van der Waals surface area contributed by atoms with E-state index in [9.17, 15) is 14.7 Å². The second-order valence-electron chi connectivity index (χ2n) is 6.56. The molecule has 1 atom stereocenters. The normalized spacial score (nSPS) is 13.5. The van der Waals surface area contributed by atoms with Crippen LogP contribution in [0.3, 0.4) is 0 Å². The number of nitrogens with one attached hydrogen (secondary N) is 1. The van der Waals surface area contributed by atoms with E-state index < -0.39 is 17.3 Å². The van der Waals surface area contributed by atoms with E-state index in [0.717, 1.165) is 21.8 Å². The zero-order valence-corrected chi connectivity index (χ0v) is 14.3. The largest absolute Gasteiger partial charge is 0.480 e. The first-order valence-corrected chi connectivity index (χ1v) is 8.46. The maximum absolute atomic E-state index is 13.1. The Kier molecular flexibility index (Phi) is 3.97. The first kappa shape index (κ1) is 16.9. The third kappa shape index (κ3) is 2.86. The number of H-pyrrole nitrogens is 1.